The molecule has 5 nitrogen and oxygen atoms in total. The van der Waals surface area contributed by atoms with Crippen LogP contribution in [0.3, 0.4) is 0 Å². The summed E-state index contributed by atoms with van der Waals surface area (Å²) >= 11 is 11.8. The van der Waals surface area contributed by atoms with Crippen molar-refractivity contribution < 1.29 is 4.74 Å². The van der Waals surface area contributed by atoms with E-state index in [0.717, 1.165) is 11.3 Å². The van der Waals surface area contributed by atoms with Gasteiger partial charge in [-0.25, -0.2) is 9.97 Å². The molecule has 3 rings (SSSR count). The Hall–Kier alpha value is -1.85. The number of hydrogen-bond donors (Lipinski definition) is 0. The summed E-state index contributed by atoms with van der Waals surface area (Å²) in [6.45, 7) is 4.62. The lowest BCUT2D eigenvalue weighted by molar-refractivity contribution is 0.414. The molecule has 0 unspecified atom stereocenters. The Morgan fingerprint density at radius 3 is 2.41 bits per heavy atom. The molecule has 7 heteroatoms. The molecular formula is C15H16Cl2N4O. The highest BCUT2D eigenvalue weighted by molar-refractivity contribution is 6.35. The van der Waals surface area contributed by atoms with Crippen molar-refractivity contribution in [2.75, 3.05) is 7.11 Å². The number of halogens is 2. The fourth-order valence-electron chi connectivity index (χ4n) is 1.93. The van der Waals surface area contributed by atoms with E-state index in [-0.39, 0.29) is 10.4 Å². The van der Waals surface area contributed by atoms with Crippen LogP contribution in [0.15, 0.2) is 30.6 Å². The summed E-state index contributed by atoms with van der Waals surface area (Å²) in [6, 6.07) is 7.77. The maximum absolute atomic E-state index is 5.99. The number of nitrogens with zero attached hydrogens (tertiary/aromatic N) is 4. The molecule has 0 bridgehead atoms. The quantitative estimate of drug-likeness (QED) is 0.530. The first-order valence-corrected chi connectivity index (χ1v) is 7.60. The summed E-state index contributed by atoms with van der Waals surface area (Å²) < 4.78 is 7.00. The van der Waals surface area contributed by atoms with Gasteiger partial charge < -0.3 is 9.30 Å². The van der Waals surface area contributed by atoms with Crippen LogP contribution in [0.2, 0.25) is 10.4 Å². The lowest BCUT2D eigenvalue weighted by Crippen LogP contribution is -2.00. The summed E-state index contributed by atoms with van der Waals surface area (Å²) in [5.41, 5.74) is 2.26. The number of imidazole rings is 1. The van der Waals surface area contributed by atoms with Crippen LogP contribution in [0.5, 0.6) is 5.75 Å². The maximum Gasteiger partial charge on any atom is 0.225 e. The molecular weight excluding hydrogens is 323 g/mol. The van der Waals surface area contributed by atoms with E-state index in [2.05, 4.69) is 15.0 Å². The van der Waals surface area contributed by atoms with Crippen molar-refractivity contribution in [3.8, 4) is 5.75 Å². The lowest BCUT2D eigenvalue weighted by Gasteiger charge is -2.05. The average molecular weight is 339 g/mol. The smallest absolute Gasteiger partial charge is 0.225 e. The lowest BCUT2D eigenvalue weighted by atomic mass is 10.2. The second-order valence-electron chi connectivity index (χ2n) is 4.18. The Labute approximate surface area is 138 Å². The molecule has 22 heavy (non-hydrogen) atoms. The van der Waals surface area contributed by atoms with Crippen LogP contribution in [0, 0.1) is 0 Å². The van der Waals surface area contributed by atoms with Crippen LogP contribution in [-0.4, -0.2) is 26.6 Å². The van der Waals surface area contributed by atoms with Crippen molar-refractivity contribution in [1.82, 2.24) is 19.5 Å². The van der Waals surface area contributed by atoms with Crippen molar-refractivity contribution in [2.45, 2.75) is 20.4 Å². The fraction of sp³-hybridized carbons (Fsp3) is 0.267. The van der Waals surface area contributed by atoms with E-state index in [4.69, 9.17) is 27.9 Å². The number of aromatic nitrogens is 4. The molecule has 0 saturated carbocycles. The van der Waals surface area contributed by atoms with Crippen LogP contribution < -0.4 is 4.74 Å². The third kappa shape index (κ3) is 3.48. The van der Waals surface area contributed by atoms with Gasteiger partial charge in [-0.1, -0.05) is 37.6 Å². The Kier molecular flexibility index (Phi) is 5.57. The molecule has 0 saturated heterocycles. The highest BCUT2D eigenvalue weighted by Gasteiger charge is 2.11. The Morgan fingerprint density at radius 2 is 1.77 bits per heavy atom. The van der Waals surface area contributed by atoms with Gasteiger partial charge in [-0.3, -0.25) is 0 Å². The van der Waals surface area contributed by atoms with Gasteiger partial charge in [0.15, 0.2) is 10.8 Å². The van der Waals surface area contributed by atoms with E-state index < -0.39 is 0 Å². The average Bonchev–Trinajstić information content (AvgIpc) is 2.93. The number of hydrogen-bond acceptors (Lipinski definition) is 4. The van der Waals surface area contributed by atoms with Crippen LogP contribution in [0.1, 0.15) is 19.4 Å². The summed E-state index contributed by atoms with van der Waals surface area (Å²) in [4.78, 5) is 12.3. The summed E-state index contributed by atoms with van der Waals surface area (Å²) in [5.74, 6) is 0.817. The minimum atomic E-state index is 0.110. The molecule has 0 radical (unpaired) electrons. The zero-order chi connectivity index (χ0) is 16.1. The molecule has 0 N–H and O–H groups in total. The number of fused-ring (bicyclic) bond motifs is 1. The molecule has 0 aliphatic carbocycles. The van der Waals surface area contributed by atoms with Crippen LogP contribution in [0.4, 0.5) is 0 Å². The normalized spacial score (nSPS) is 10.2. The van der Waals surface area contributed by atoms with Gasteiger partial charge in [0, 0.05) is 0 Å². The van der Waals surface area contributed by atoms with E-state index in [1.165, 1.54) is 0 Å². The van der Waals surface area contributed by atoms with Gasteiger partial charge in [-0.2, -0.15) is 4.98 Å². The van der Waals surface area contributed by atoms with Gasteiger partial charge in [0.2, 0.25) is 5.28 Å². The molecule has 3 aromatic rings. The SMILES string of the molecule is CC.COc1ccc(Cn2cnc3c(Cl)nc(Cl)nc32)cc1. The van der Waals surface area contributed by atoms with Crippen molar-refractivity contribution >= 4 is 34.4 Å². The Balaban J connectivity index is 0.000000847. The third-order valence-corrected chi connectivity index (χ3v) is 3.34. The van der Waals surface area contributed by atoms with Crippen LogP contribution in [0.25, 0.3) is 11.2 Å². The highest BCUT2D eigenvalue weighted by Crippen LogP contribution is 2.21. The molecule has 1 aromatic carbocycles. The number of benzene rings is 1. The standard InChI is InChI=1S/C13H10Cl2N4O.C2H6/c1-20-9-4-2-8(3-5-9)6-19-7-16-10-11(14)17-13(15)18-12(10)19;1-2/h2-5,7H,6H2,1H3;1-2H3. The molecule has 0 amide bonds. The third-order valence-electron chi connectivity index (χ3n) is 2.91. The summed E-state index contributed by atoms with van der Waals surface area (Å²) in [7, 11) is 1.64. The van der Waals surface area contributed by atoms with Crippen LogP contribution >= 0.6 is 23.2 Å². The number of rotatable bonds is 3. The predicted molar refractivity (Wildman–Crippen MR) is 88.8 cm³/mol. The minimum Gasteiger partial charge on any atom is -0.497 e. The van der Waals surface area contributed by atoms with Crippen molar-refractivity contribution in [1.29, 1.82) is 0 Å². The minimum absolute atomic E-state index is 0.110. The molecule has 116 valence electrons. The Bertz CT molecular complexity index is 756. The molecule has 2 heterocycles. The molecule has 0 fully saturated rings. The second-order valence-corrected chi connectivity index (χ2v) is 4.87. The molecule has 0 aliphatic rings. The van der Waals surface area contributed by atoms with E-state index in [1.54, 1.807) is 13.4 Å². The van der Waals surface area contributed by atoms with Gasteiger partial charge in [0.05, 0.1) is 20.0 Å². The van der Waals surface area contributed by atoms with Gasteiger partial charge in [-0.05, 0) is 29.3 Å². The predicted octanol–water partition coefficient (Wildman–Crippen LogP) is 4.22. The van der Waals surface area contributed by atoms with Gasteiger partial charge in [0.1, 0.15) is 11.3 Å². The number of ether oxygens (including phenoxy) is 1. The summed E-state index contributed by atoms with van der Waals surface area (Å²) in [6.07, 6.45) is 1.67. The zero-order valence-corrected chi connectivity index (χ0v) is 14.1. The summed E-state index contributed by atoms with van der Waals surface area (Å²) in [5, 5.41) is 0.368. The zero-order valence-electron chi connectivity index (χ0n) is 12.5. The van der Waals surface area contributed by atoms with E-state index in [9.17, 15) is 0 Å². The molecule has 2 aromatic heterocycles. The molecule has 0 atom stereocenters. The number of methoxy groups -OCH3 is 1. The molecule has 0 spiro atoms. The van der Waals surface area contributed by atoms with E-state index in [1.807, 2.05) is 42.7 Å². The van der Waals surface area contributed by atoms with Gasteiger partial charge >= 0.3 is 0 Å². The first kappa shape index (κ1) is 16.5. The Morgan fingerprint density at radius 1 is 1.09 bits per heavy atom. The van der Waals surface area contributed by atoms with E-state index in [0.29, 0.717) is 17.7 Å². The van der Waals surface area contributed by atoms with Crippen LogP contribution in [-0.2, 0) is 6.54 Å². The van der Waals surface area contributed by atoms with Crippen molar-refractivity contribution in [3.05, 3.63) is 46.6 Å². The second kappa shape index (κ2) is 7.42. The van der Waals surface area contributed by atoms with Crippen molar-refractivity contribution in [3.63, 3.8) is 0 Å². The fourth-order valence-corrected chi connectivity index (χ4v) is 2.35. The first-order chi connectivity index (χ1) is 10.7. The van der Waals surface area contributed by atoms with Gasteiger partial charge in [-0.15, -0.1) is 0 Å². The largest absolute Gasteiger partial charge is 0.497 e. The maximum atomic E-state index is 5.99. The molecule has 0 aliphatic heterocycles. The monoisotopic (exact) mass is 338 g/mol. The van der Waals surface area contributed by atoms with Gasteiger partial charge in [0.25, 0.3) is 0 Å². The first-order valence-electron chi connectivity index (χ1n) is 6.84. The topological polar surface area (TPSA) is 52.8 Å². The van der Waals surface area contributed by atoms with E-state index >= 15 is 0 Å². The van der Waals surface area contributed by atoms with Crippen molar-refractivity contribution in [2.24, 2.45) is 0 Å². The highest BCUT2D eigenvalue weighted by atomic mass is 35.5.